The van der Waals surface area contributed by atoms with Gasteiger partial charge in [-0.1, -0.05) is 0 Å². The average Bonchev–Trinajstić information content (AvgIpc) is 3.36. The minimum Gasteiger partial charge on any atom is -0.442 e. The van der Waals surface area contributed by atoms with E-state index in [9.17, 15) is 14.0 Å². The van der Waals surface area contributed by atoms with Crippen LogP contribution in [0.2, 0.25) is 0 Å². The predicted octanol–water partition coefficient (Wildman–Crippen LogP) is 2.55. The van der Waals surface area contributed by atoms with E-state index in [1.54, 1.807) is 23.5 Å². The van der Waals surface area contributed by atoms with Crippen molar-refractivity contribution < 1.29 is 18.7 Å². The Hall–Kier alpha value is -2.98. The zero-order valence-electron chi connectivity index (χ0n) is 16.6. The molecule has 1 aromatic heterocycles. The van der Waals surface area contributed by atoms with Gasteiger partial charge >= 0.3 is 6.09 Å². The molecule has 1 aliphatic rings. The molecule has 160 valence electrons. The molecule has 0 saturated carbocycles. The molecular weight excluding hydrogens is 409 g/mol. The summed E-state index contributed by atoms with van der Waals surface area (Å²) in [6, 6.07) is 6.46. The lowest BCUT2D eigenvalue weighted by atomic mass is 10.2. The Labute approximate surface area is 178 Å². The highest BCUT2D eigenvalue weighted by Gasteiger charge is 2.32. The lowest BCUT2D eigenvalue weighted by molar-refractivity contribution is -0.119. The Morgan fingerprint density at radius 2 is 2.30 bits per heavy atom. The van der Waals surface area contributed by atoms with Gasteiger partial charge in [-0.3, -0.25) is 15.1 Å². The van der Waals surface area contributed by atoms with Crippen LogP contribution < -0.4 is 20.4 Å². The molecule has 0 aliphatic carbocycles. The van der Waals surface area contributed by atoms with Crippen molar-refractivity contribution >= 4 is 41.1 Å². The molecule has 3 rings (SSSR count). The van der Waals surface area contributed by atoms with Gasteiger partial charge in [0.15, 0.2) is 0 Å². The van der Waals surface area contributed by atoms with Crippen molar-refractivity contribution in [3.05, 3.63) is 46.4 Å². The van der Waals surface area contributed by atoms with E-state index in [2.05, 4.69) is 16.0 Å². The van der Waals surface area contributed by atoms with Gasteiger partial charge in [-0.25, -0.2) is 9.18 Å². The second-order valence-electron chi connectivity index (χ2n) is 6.82. The van der Waals surface area contributed by atoms with Gasteiger partial charge in [-0.05, 0) is 40.6 Å². The molecule has 2 heterocycles. The fourth-order valence-electron chi connectivity index (χ4n) is 3.07. The summed E-state index contributed by atoms with van der Waals surface area (Å²) >= 11 is 1.63. The van der Waals surface area contributed by atoms with E-state index in [0.717, 1.165) is 6.34 Å². The number of anilines is 2. The third-order valence-corrected chi connectivity index (χ3v) is 5.33. The molecule has 1 aliphatic heterocycles. The Morgan fingerprint density at radius 1 is 1.47 bits per heavy atom. The zero-order valence-corrected chi connectivity index (χ0v) is 17.4. The maximum Gasteiger partial charge on any atom is 0.414 e. The lowest BCUT2D eigenvalue weighted by Gasteiger charge is -2.21. The van der Waals surface area contributed by atoms with E-state index in [-0.39, 0.29) is 24.7 Å². The molecule has 8 nitrogen and oxygen atoms in total. The molecule has 1 saturated heterocycles. The summed E-state index contributed by atoms with van der Waals surface area (Å²) in [6.45, 7) is 3.53. The van der Waals surface area contributed by atoms with Gasteiger partial charge in [0.05, 0.1) is 30.8 Å². The van der Waals surface area contributed by atoms with Crippen molar-refractivity contribution in [1.29, 1.82) is 5.41 Å². The number of cyclic esters (lactones) is 1. The number of benzene rings is 1. The minimum absolute atomic E-state index is 0.206. The van der Waals surface area contributed by atoms with Crippen molar-refractivity contribution in [3.8, 4) is 0 Å². The first kappa shape index (κ1) is 21.7. The number of hydrogen-bond donors (Lipinski definition) is 3. The number of thiophene rings is 1. The minimum atomic E-state index is -0.584. The highest BCUT2D eigenvalue weighted by Crippen LogP contribution is 2.27. The number of carbonyl (C=O) groups excluding carboxylic acids is 2. The standard InChI is InChI=1S/C20H24FN5O3S/c1-14(27)24-10-17-11-26(20(28)29-17)16-2-3-19(18(21)8-16)25(13-22)6-5-23-9-15-4-7-30-12-15/h2-4,7-8,12-13,17,22-23H,5-6,9-11H2,1H3,(H,24,27). The van der Waals surface area contributed by atoms with E-state index in [4.69, 9.17) is 10.1 Å². The SMILES string of the molecule is CC(=O)NCC1CN(c2ccc(N(C=N)CCNCc3ccsc3)c(F)c2)C(=O)O1. The lowest BCUT2D eigenvalue weighted by Crippen LogP contribution is -2.33. The van der Waals surface area contributed by atoms with Crippen LogP contribution in [0.25, 0.3) is 0 Å². The molecule has 1 fully saturated rings. The molecule has 1 aromatic carbocycles. The largest absolute Gasteiger partial charge is 0.442 e. The van der Waals surface area contributed by atoms with Crippen LogP contribution >= 0.6 is 11.3 Å². The van der Waals surface area contributed by atoms with Crippen LogP contribution in [0.5, 0.6) is 0 Å². The number of rotatable bonds is 10. The van der Waals surface area contributed by atoms with Gasteiger partial charge in [0.2, 0.25) is 5.91 Å². The quantitative estimate of drug-likeness (QED) is 0.304. The monoisotopic (exact) mass is 433 g/mol. The molecule has 3 N–H and O–H groups in total. The van der Waals surface area contributed by atoms with E-state index < -0.39 is 18.0 Å². The molecule has 2 aromatic rings. The maximum absolute atomic E-state index is 14.8. The molecule has 30 heavy (non-hydrogen) atoms. The Balaban J connectivity index is 1.58. The van der Waals surface area contributed by atoms with E-state index in [1.165, 1.54) is 28.4 Å². The second kappa shape index (κ2) is 10.2. The maximum atomic E-state index is 14.8. The molecule has 1 atom stereocenters. The van der Waals surface area contributed by atoms with Crippen molar-refractivity contribution in [2.75, 3.05) is 36.0 Å². The molecule has 10 heteroatoms. The molecule has 1 unspecified atom stereocenters. The number of carbonyl (C=O) groups is 2. The van der Waals surface area contributed by atoms with E-state index in [1.807, 2.05) is 11.4 Å². The fraction of sp³-hybridized carbons (Fsp3) is 0.350. The highest BCUT2D eigenvalue weighted by molar-refractivity contribution is 7.07. The summed E-state index contributed by atoms with van der Waals surface area (Å²) in [5.74, 6) is -0.747. The predicted molar refractivity (Wildman–Crippen MR) is 115 cm³/mol. The van der Waals surface area contributed by atoms with Gasteiger partial charge in [-0.15, -0.1) is 0 Å². The Morgan fingerprint density at radius 3 is 2.97 bits per heavy atom. The third-order valence-electron chi connectivity index (χ3n) is 4.60. The van der Waals surface area contributed by atoms with Crippen molar-refractivity contribution in [2.45, 2.75) is 19.6 Å². The van der Waals surface area contributed by atoms with Gasteiger partial charge in [0.1, 0.15) is 11.9 Å². The highest BCUT2D eigenvalue weighted by atomic mass is 32.1. The van der Waals surface area contributed by atoms with Crippen LogP contribution in [0.1, 0.15) is 12.5 Å². The summed E-state index contributed by atoms with van der Waals surface area (Å²) in [5, 5.41) is 17.6. The molecule has 0 radical (unpaired) electrons. The average molecular weight is 434 g/mol. The second-order valence-corrected chi connectivity index (χ2v) is 7.60. The zero-order chi connectivity index (χ0) is 21.5. The number of ether oxygens (including phenoxy) is 1. The van der Waals surface area contributed by atoms with Gasteiger partial charge in [0, 0.05) is 26.6 Å². The number of halogens is 1. The Kier molecular flexibility index (Phi) is 7.36. The first-order chi connectivity index (χ1) is 14.5. The number of hydrogen-bond acceptors (Lipinski definition) is 6. The van der Waals surface area contributed by atoms with Gasteiger partial charge < -0.3 is 20.3 Å². The van der Waals surface area contributed by atoms with Crippen LogP contribution in [0.3, 0.4) is 0 Å². The molecular formula is C20H24FN5O3S. The number of nitrogens with one attached hydrogen (secondary N) is 3. The van der Waals surface area contributed by atoms with Crippen molar-refractivity contribution in [1.82, 2.24) is 10.6 Å². The Bertz CT molecular complexity index is 893. The van der Waals surface area contributed by atoms with Crippen molar-refractivity contribution in [2.24, 2.45) is 0 Å². The van der Waals surface area contributed by atoms with Gasteiger partial charge in [0.25, 0.3) is 0 Å². The summed E-state index contributed by atoms with van der Waals surface area (Å²) in [7, 11) is 0. The molecule has 2 amide bonds. The normalized spacial score (nSPS) is 15.7. The van der Waals surface area contributed by atoms with Crippen LogP contribution in [0.15, 0.2) is 35.0 Å². The first-order valence-corrected chi connectivity index (χ1v) is 10.4. The summed E-state index contributed by atoms with van der Waals surface area (Å²) in [6.07, 6.45) is 0.00773. The number of nitrogens with zero attached hydrogens (tertiary/aromatic N) is 2. The summed E-state index contributed by atoms with van der Waals surface area (Å²) in [5.41, 5.74) is 1.81. The topological polar surface area (TPSA) is 97.8 Å². The van der Waals surface area contributed by atoms with E-state index in [0.29, 0.717) is 25.3 Å². The molecule has 0 spiro atoms. The number of amides is 2. The first-order valence-electron chi connectivity index (χ1n) is 9.49. The van der Waals surface area contributed by atoms with Crippen molar-refractivity contribution in [3.63, 3.8) is 0 Å². The molecule has 0 bridgehead atoms. The fourth-order valence-corrected chi connectivity index (χ4v) is 3.74. The van der Waals surface area contributed by atoms with Crippen LogP contribution in [0.4, 0.5) is 20.6 Å². The van der Waals surface area contributed by atoms with Crippen LogP contribution in [-0.2, 0) is 16.1 Å². The van der Waals surface area contributed by atoms with Crippen LogP contribution in [-0.4, -0.2) is 50.6 Å². The summed E-state index contributed by atoms with van der Waals surface area (Å²) in [4.78, 5) is 26.0. The van der Waals surface area contributed by atoms with Crippen LogP contribution in [0, 0.1) is 11.2 Å². The smallest absolute Gasteiger partial charge is 0.414 e. The van der Waals surface area contributed by atoms with Gasteiger partial charge in [-0.2, -0.15) is 11.3 Å². The summed E-state index contributed by atoms with van der Waals surface area (Å²) < 4.78 is 20.0. The third kappa shape index (κ3) is 5.55. The van der Waals surface area contributed by atoms with E-state index >= 15 is 0 Å².